The molecule has 0 bridgehead atoms. The second-order valence-corrected chi connectivity index (χ2v) is 12.1. The van der Waals surface area contributed by atoms with Crippen LogP contribution in [0.2, 0.25) is 0 Å². The van der Waals surface area contributed by atoms with Gasteiger partial charge >= 0.3 is 0 Å². The lowest BCUT2D eigenvalue weighted by Crippen LogP contribution is -2.30. The number of carbonyl (C=O) groups is 3. The van der Waals surface area contributed by atoms with E-state index >= 15 is 0 Å². The molecular weight excluding hydrogens is 662 g/mol. The van der Waals surface area contributed by atoms with Gasteiger partial charge in [-0.15, -0.1) is 11.8 Å². The topological polar surface area (TPSA) is 96.5 Å². The normalized spacial score (nSPS) is 11.7. The summed E-state index contributed by atoms with van der Waals surface area (Å²) < 4.78 is 6.19. The summed E-state index contributed by atoms with van der Waals surface area (Å²) in [5.41, 5.74) is 3.19. The highest BCUT2D eigenvalue weighted by atomic mass is 79.9. The Labute approximate surface area is 280 Å². The summed E-state index contributed by atoms with van der Waals surface area (Å²) in [6.07, 6.45) is 1.62. The number of thioether (sulfide) groups is 1. The van der Waals surface area contributed by atoms with Crippen LogP contribution in [-0.4, -0.2) is 24.8 Å². The number of halogens is 1. The Hall–Kier alpha value is -5.12. The minimum absolute atomic E-state index is 0.0778. The highest BCUT2D eigenvalue weighted by molar-refractivity contribution is 9.10. The lowest BCUT2D eigenvalue weighted by molar-refractivity contribution is -0.116. The quantitative estimate of drug-likeness (QED) is 0.0956. The molecule has 3 amide bonds. The van der Waals surface area contributed by atoms with E-state index < -0.39 is 17.1 Å². The van der Waals surface area contributed by atoms with Crippen LogP contribution in [0, 0.1) is 0 Å². The standard InChI is InChI=1S/C37H30BrN3O4S/c1-45-31-16-8-14-29(23-31)40-37(44)34(26-10-4-2-5-11-26)46-32-17-9-15-30(24-32)39-36(43)33(22-25-18-20-28(38)21-19-25)41-35(42)27-12-6-3-7-13-27/h2-24,34H,1H3,(H,39,43)(H,40,44)(H,41,42)/b33-22-. The minimum Gasteiger partial charge on any atom is -0.497 e. The Morgan fingerprint density at radius 2 is 1.39 bits per heavy atom. The molecule has 0 aliphatic carbocycles. The Kier molecular flexibility index (Phi) is 11.0. The SMILES string of the molecule is COc1cccc(NC(=O)C(Sc2cccc(NC(=O)/C(=C/c3ccc(Br)cc3)NC(=O)c3ccccc3)c2)c2ccccc2)c1. The number of hydrogen-bond donors (Lipinski definition) is 3. The molecule has 0 saturated heterocycles. The van der Waals surface area contributed by atoms with Crippen molar-refractivity contribution >= 4 is 62.9 Å². The molecule has 7 nitrogen and oxygen atoms in total. The van der Waals surface area contributed by atoms with Gasteiger partial charge in [0.15, 0.2) is 0 Å². The smallest absolute Gasteiger partial charge is 0.272 e. The van der Waals surface area contributed by atoms with E-state index in [-0.39, 0.29) is 11.6 Å². The van der Waals surface area contributed by atoms with Gasteiger partial charge in [-0.25, -0.2) is 0 Å². The molecule has 0 aromatic heterocycles. The third-order valence-electron chi connectivity index (χ3n) is 6.73. The molecule has 0 spiro atoms. The number of benzene rings is 5. The van der Waals surface area contributed by atoms with Crippen molar-refractivity contribution in [3.8, 4) is 5.75 Å². The predicted molar refractivity (Wildman–Crippen MR) is 188 cm³/mol. The van der Waals surface area contributed by atoms with Crippen molar-refractivity contribution in [2.45, 2.75) is 10.1 Å². The molecule has 3 N–H and O–H groups in total. The first-order valence-electron chi connectivity index (χ1n) is 14.3. The van der Waals surface area contributed by atoms with Crippen LogP contribution >= 0.6 is 27.7 Å². The fourth-order valence-electron chi connectivity index (χ4n) is 4.46. The number of ether oxygens (including phenoxy) is 1. The third-order valence-corrected chi connectivity index (χ3v) is 8.51. The molecule has 1 unspecified atom stereocenters. The molecular formula is C37H30BrN3O4S. The second kappa shape index (κ2) is 15.7. The molecule has 1 atom stereocenters. The number of amides is 3. The zero-order chi connectivity index (χ0) is 32.3. The Morgan fingerprint density at radius 3 is 2.09 bits per heavy atom. The number of rotatable bonds is 11. The minimum atomic E-state index is -0.587. The molecule has 5 rings (SSSR count). The van der Waals surface area contributed by atoms with Crippen molar-refractivity contribution in [2.75, 3.05) is 17.7 Å². The first kappa shape index (κ1) is 32.3. The molecule has 0 saturated carbocycles. The third kappa shape index (κ3) is 8.97. The van der Waals surface area contributed by atoms with E-state index in [9.17, 15) is 14.4 Å². The van der Waals surface area contributed by atoms with Gasteiger partial charge in [0.05, 0.1) is 7.11 Å². The largest absolute Gasteiger partial charge is 0.497 e. The summed E-state index contributed by atoms with van der Waals surface area (Å²) >= 11 is 4.78. The first-order valence-corrected chi connectivity index (χ1v) is 16.0. The summed E-state index contributed by atoms with van der Waals surface area (Å²) in [4.78, 5) is 40.9. The van der Waals surface area contributed by atoms with Gasteiger partial charge in [0.1, 0.15) is 16.7 Å². The van der Waals surface area contributed by atoms with Gasteiger partial charge in [0.25, 0.3) is 11.8 Å². The number of nitrogens with one attached hydrogen (secondary N) is 3. The average molecular weight is 693 g/mol. The zero-order valence-electron chi connectivity index (χ0n) is 24.8. The fraction of sp³-hybridized carbons (Fsp3) is 0.0541. The van der Waals surface area contributed by atoms with Gasteiger partial charge < -0.3 is 20.7 Å². The molecule has 9 heteroatoms. The van der Waals surface area contributed by atoms with Crippen LogP contribution in [0.15, 0.2) is 149 Å². The average Bonchev–Trinajstić information content (AvgIpc) is 3.08. The maximum atomic E-state index is 13.6. The highest BCUT2D eigenvalue weighted by Crippen LogP contribution is 2.37. The van der Waals surface area contributed by atoms with Gasteiger partial charge in [0, 0.05) is 32.4 Å². The Bertz CT molecular complexity index is 1850. The monoisotopic (exact) mass is 691 g/mol. The molecule has 0 aliphatic rings. The molecule has 230 valence electrons. The van der Waals surface area contributed by atoms with Crippen molar-refractivity contribution in [3.63, 3.8) is 0 Å². The zero-order valence-corrected chi connectivity index (χ0v) is 27.2. The van der Waals surface area contributed by atoms with Crippen LogP contribution in [0.1, 0.15) is 26.7 Å². The van der Waals surface area contributed by atoms with Crippen molar-refractivity contribution in [1.82, 2.24) is 5.32 Å². The van der Waals surface area contributed by atoms with Crippen LogP contribution in [0.5, 0.6) is 5.75 Å². The lowest BCUT2D eigenvalue weighted by atomic mass is 10.1. The molecule has 5 aromatic carbocycles. The lowest BCUT2D eigenvalue weighted by Gasteiger charge is -2.18. The van der Waals surface area contributed by atoms with E-state index in [1.807, 2.05) is 78.9 Å². The summed E-state index contributed by atoms with van der Waals surface area (Å²) in [5, 5.41) is 8.08. The molecule has 5 aromatic rings. The van der Waals surface area contributed by atoms with Crippen molar-refractivity contribution in [3.05, 3.63) is 160 Å². The molecule has 0 radical (unpaired) electrons. The molecule has 0 fully saturated rings. The summed E-state index contributed by atoms with van der Waals surface area (Å²) in [6.45, 7) is 0. The van der Waals surface area contributed by atoms with Crippen LogP contribution in [0.25, 0.3) is 6.08 Å². The van der Waals surface area contributed by atoms with Gasteiger partial charge in [0.2, 0.25) is 5.91 Å². The molecule has 0 heterocycles. The number of hydrogen-bond acceptors (Lipinski definition) is 5. The van der Waals surface area contributed by atoms with E-state index in [4.69, 9.17) is 4.74 Å². The molecule has 46 heavy (non-hydrogen) atoms. The fourth-order valence-corrected chi connectivity index (χ4v) is 5.81. The van der Waals surface area contributed by atoms with Gasteiger partial charge in [-0.2, -0.15) is 0 Å². The Morgan fingerprint density at radius 1 is 0.739 bits per heavy atom. The number of carbonyl (C=O) groups excluding carboxylic acids is 3. The van der Waals surface area contributed by atoms with Crippen molar-refractivity contribution in [2.24, 2.45) is 0 Å². The van der Waals surface area contributed by atoms with Crippen LogP contribution in [0.3, 0.4) is 0 Å². The van der Waals surface area contributed by atoms with E-state index in [2.05, 4.69) is 31.9 Å². The summed E-state index contributed by atoms with van der Waals surface area (Å²) in [5.74, 6) is -0.471. The van der Waals surface area contributed by atoms with E-state index in [1.54, 1.807) is 67.8 Å². The molecule has 0 aliphatic heterocycles. The predicted octanol–water partition coefficient (Wildman–Crippen LogP) is 8.34. The maximum Gasteiger partial charge on any atom is 0.272 e. The van der Waals surface area contributed by atoms with Crippen LogP contribution in [0.4, 0.5) is 11.4 Å². The van der Waals surface area contributed by atoms with Crippen LogP contribution in [-0.2, 0) is 9.59 Å². The van der Waals surface area contributed by atoms with Gasteiger partial charge in [-0.1, -0.05) is 88.7 Å². The van der Waals surface area contributed by atoms with E-state index in [1.165, 1.54) is 11.8 Å². The van der Waals surface area contributed by atoms with Gasteiger partial charge in [-0.3, -0.25) is 14.4 Å². The van der Waals surface area contributed by atoms with Crippen molar-refractivity contribution in [1.29, 1.82) is 0 Å². The maximum absolute atomic E-state index is 13.6. The van der Waals surface area contributed by atoms with E-state index in [0.29, 0.717) is 22.7 Å². The summed E-state index contributed by atoms with van der Waals surface area (Å²) in [6, 6.07) is 40.0. The number of methoxy groups -OCH3 is 1. The highest BCUT2D eigenvalue weighted by Gasteiger charge is 2.23. The summed E-state index contributed by atoms with van der Waals surface area (Å²) in [7, 11) is 1.58. The van der Waals surface area contributed by atoms with Gasteiger partial charge in [-0.05, 0) is 71.8 Å². The number of anilines is 2. The van der Waals surface area contributed by atoms with Crippen molar-refractivity contribution < 1.29 is 19.1 Å². The van der Waals surface area contributed by atoms with E-state index in [0.717, 1.165) is 20.5 Å². The Balaban J connectivity index is 1.37. The van der Waals surface area contributed by atoms with Crippen LogP contribution < -0.4 is 20.7 Å². The first-order chi connectivity index (χ1) is 22.4. The second-order valence-electron chi connectivity index (χ2n) is 10.0.